The predicted molar refractivity (Wildman–Crippen MR) is 144 cm³/mol. The molecule has 32 heavy (non-hydrogen) atoms. The molecule has 0 aliphatic heterocycles. The highest BCUT2D eigenvalue weighted by molar-refractivity contribution is 5.70. The third-order valence-electron chi connectivity index (χ3n) is 5.15. The quantitative estimate of drug-likeness (QED) is 0.321. The maximum atomic E-state index is 3.78. The van der Waals surface area contributed by atoms with Crippen LogP contribution in [0.4, 0.5) is 22.7 Å². The maximum absolute atomic E-state index is 3.78. The molecule has 178 valence electrons. The first kappa shape index (κ1) is 25.9. The van der Waals surface area contributed by atoms with Crippen molar-refractivity contribution in [2.45, 2.75) is 104 Å². The van der Waals surface area contributed by atoms with E-state index in [1.807, 2.05) is 0 Å². The summed E-state index contributed by atoms with van der Waals surface area (Å²) < 4.78 is 0. The molecule has 4 nitrogen and oxygen atoms in total. The highest BCUT2D eigenvalue weighted by atomic mass is 15.0. The normalized spacial score (nSPS) is 12.9. The Bertz CT molecular complexity index is 869. The molecule has 0 aromatic heterocycles. The van der Waals surface area contributed by atoms with Crippen LogP contribution >= 0.6 is 0 Å². The van der Waals surface area contributed by atoms with E-state index in [0.29, 0.717) is 0 Å². The van der Waals surface area contributed by atoms with Gasteiger partial charge in [-0.2, -0.15) is 0 Å². The molecule has 0 radical (unpaired) electrons. The summed E-state index contributed by atoms with van der Waals surface area (Å²) in [6, 6.07) is 17.1. The van der Waals surface area contributed by atoms with Crippen molar-refractivity contribution in [3.05, 3.63) is 48.5 Å². The van der Waals surface area contributed by atoms with Gasteiger partial charge in [0.15, 0.2) is 0 Å². The van der Waals surface area contributed by atoms with Crippen molar-refractivity contribution in [3.63, 3.8) is 0 Å². The van der Waals surface area contributed by atoms with Gasteiger partial charge >= 0.3 is 0 Å². The number of hydrogen-bond acceptors (Lipinski definition) is 4. The van der Waals surface area contributed by atoms with E-state index in [9.17, 15) is 0 Å². The van der Waals surface area contributed by atoms with Gasteiger partial charge in [0, 0.05) is 33.5 Å². The topological polar surface area (TPSA) is 48.1 Å². The molecule has 0 amide bonds. The third kappa shape index (κ3) is 9.42. The minimum Gasteiger partial charge on any atom is -0.380 e. The molecular weight excluding hydrogens is 392 g/mol. The Morgan fingerprint density at radius 3 is 1.44 bits per heavy atom. The van der Waals surface area contributed by atoms with Crippen LogP contribution in [-0.2, 0) is 0 Å². The van der Waals surface area contributed by atoms with E-state index in [0.717, 1.165) is 35.6 Å². The smallest absolute Gasteiger partial charge is 0.0580 e. The lowest BCUT2D eigenvalue weighted by Gasteiger charge is -2.35. The van der Waals surface area contributed by atoms with E-state index in [2.05, 4.69) is 139 Å². The third-order valence-corrected chi connectivity index (χ3v) is 5.15. The highest BCUT2D eigenvalue weighted by Gasteiger charge is 2.25. The van der Waals surface area contributed by atoms with Crippen molar-refractivity contribution in [3.8, 4) is 0 Å². The van der Waals surface area contributed by atoms with Gasteiger partial charge in [0.25, 0.3) is 0 Å². The molecule has 0 heterocycles. The van der Waals surface area contributed by atoms with Crippen LogP contribution in [-0.4, -0.2) is 22.2 Å². The molecule has 0 spiro atoms. The molecule has 0 saturated heterocycles. The van der Waals surface area contributed by atoms with Gasteiger partial charge in [-0.1, -0.05) is 18.2 Å². The first-order chi connectivity index (χ1) is 14.5. The Kier molecular flexibility index (Phi) is 7.80. The Morgan fingerprint density at radius 1 is 0.500 bits per heavy atom. The second kappa shape index (κ2) is 9.64. The monoisotopic (exact) mass is 438 g/mol. The zero-order valence-corrected chi connectivity index (χ0v) is 22.0. The van der Waals surface area contributed by atoms with E-state index in [1.165, 1.54) is 0 Å². The maximum Gasteiger partial charge on any atom is 0.0580 e. The first-order valence-corrected chi connectivity index (χ1v) is 11.9. The van der Waals surface area contributed by atoms with E-state index in [4.69, 9.17) is 0 Å². The number of benzene rings is 2. The van der Waals surface area contributed by atoms with Crippen LogP contribution in [0.15, 0.2) is 48.5 Å². The van der Waals surface area contributed by atoms with Crippen LogP contribution in [0.5, 0.6) is 0 Å². The zero-order valence-electron chi connectivity index (χ0n) is 22.0. The minimum absolute atomic E-state index is 0.0181. The molecule has 2 aromatic carbocycles. The van der Waals surface area contributed by atoms with Crippen molar-refractivity contribution in [1.82, 2.24) is 0 Å². The van der Waals surface area contributed by atoms with Gasteiger partial charge in [-0.3, -0.25) is 0 Å². The summed E-state index contributed by atoms with van der Waals surface area (Å²) in [5, 5.41) is 14.7. The fourth-order valence-electron chi connectivity index (χ4n) is 3.72. The van der Waals surface area contributed by atoms with Crippen LogP contribution in [0.3, 0.4) is 0 Å². The molecule has 0 aliphatic rings. The Hall–Kier alpha value is -2.36. The Labute approximate surface area is 197 Å². The lowest BCUT2D eigenvalue weighted by atomic mass is 9.88. The van der Waals surface area contributed by atoms with E-state index < -0.39 is 0 Å². The molecule has 2 aromatic rings. The fourth-order valence-corrected chi connectivity index (χ4v) is 3.72. The van der Waals surface area contributed by atoms with Crippen molar-refractivity contribution < 1.29 is 0 Å². The van der Waals surface area contributed by atoms with Crippen LogP contribution in [0, 0.1) is 0 Å². The number of anilines is 4. The average molecular weight is 439 g/mol. The SMILES string of the molecule is CC(C)(C)Nc1cccc(NC(C)(C)CCC(C)(C)Nc2ccccc2NC(C)(C)C)c1. The molecule has 4 heteroatoms. The average Bonchev–Trinajstić information content (AvgIpc) is 2.59. The highest BCUT2D eigenvalue weighted by Crippen LogP contribution is 2.31. The van der Waals surface area contributed by atoms with Gasteiger partial charge in [0.05, 0.1) is 11.4 Å². The van der Waals surface area contributed by atoms with Gasteiger partial charge in [0.2, 0.25) is 0 Å². The van der Waals surface area contributed by atoms with Crippen molar-refractivity contribution >= 4 is 22.7 Å². The van der Waals surface area contributed by atoms with Gasteiger partial charge in [-0.05, 0) is 112 Å². The van der Waals surface area contributed by atoms with Gasteiger partial charge in [-0.25, -0.2) is 0 Å². The number of hydrogen-bond donors (Lipinski definition) is 4. The molecule has 0 atom stereocenters. The second-order valence-corrected chi connectivity index (χ2v) is 12.4. The van der Waals surface area contributed by atoms with Crippen LogP contribution in [0.25, 0.3) is 0 Å². The molecule has 0 unspecified atom stereocenters. The molecule has 0 saturated carbocycles. The van der Waals surface area contributed by atoms with E-state index in [-0.39, 0.29) is 22.2 Å². The Morgan fingerprint density at radius 2 is 0.938 bits per heavy atom. The molecule has 2 rings (SSSR count). The molecule has 0 fully saturated rings. The lowest BCUT2D eigenvalue weighted by Crippen LogP contribution is -2.38. The standard InChI is InChI=1S/C28H46N4/c1-25(2,3)29-21-14-13-15-22(20-21)30-27(7,8)18-19-28(9,10)32-24-17-12-11-16-23(24)31-26(4,5)6/h11-17,20,29-32H,18-19H2,1-10H3. The number of rotatable bonds is 9. The fraction of sp³-hybridized carbons (Fsp3) is 0.571. The van der Waals surface area contributed by atoms with Crippen molar-refractivity contribution in [2.75, 3.05) is 21.3 Å². The summed E-state index contributed by atoms with van der Waals surface area (Å²) in [6.07, 6.45) is 2.08. The van der Waals surface area contributed by atoms with Crippen LogP contribution < -0.4 is 21.3 Å². The summed E-state index contributed by atoms with van der Waals surface area (Å²) in [6.45, 7) is 22.2. The molecule has 0 aliphatic carbocycles. The lowest BCUT2D eigenvalue weighted by molar-refractivity contribution is 0.415. The molecular formula is C28H46N4. The van der Waals surface area contributed by atoms with E-state index in [1.54, 1.807) is 0 Å². The first-order valence-electron chi connectivity index (χ1n) is 11.9. The minimum atomic E-state index is -0.0374. The summed E-state index contributed by atoms with van der Waals surface area (Å²) in [5.74, 6) is 0. The number of para-hydroxylation sites is 2. The predicted octanol–water partition coefficient (Wildman–Crippen LogP) is 7.97. The largest absolute Gasteiger partial charge is 0.380 e. The number of nitrogens with one attached hydrogen (secondary N) is 4. The van der Waals surface area contributed by atoms with Gasteiger partial charge in [-0.15, -0.1) is 0 Å². The second-order valence-electron chi connectivity index (χ2n) is 12.4. The van der Waals surface area contributed by atoms with Crippen molar-refractivity contribution in [2.24, 2.45) is 0 Å². The van der Waals surface area contributed by atoms with E-state index >= 15 is 0 Å². The molecule has 0 bridgehead atoms. The summed E-state index contributed by atoms with van der Waals surface area (Å²) in [5.41, 5.74) is 4.59. The van der Waals surface area contributed by atoms with Crippen molar-refractivity contribution in [1.29, 1.82) is 0 Å². The zero-order chi connectivity index (χ0) is 24.2. The Balaban J connectivity index is 2.02. The molecule has 4 N–H and O–H groups in total. The van der Waals surface area contributed by atoms with Gasteiger partial charge in [0.1, 0.15) is 0 Å². The van der Waals surface area contributed by atoms with Crippen LogP contribution in [0.2, 0.25) is 0 Å². The summed E-state index contributed by atoms with van der Waals surface area (Å²) in [4.78, 5) is 0. The van der Waals surface area contributed by atoms with Crippen LogP contribution in [0.1, 0.15) is 82.1 Å². The van der Waals surface area contributed by atoms with Gasteiger partial charge < -0.3 is 21.3 Å². The summed E-state index contributed by atoms with van der Waals surface area (Å²) >= 11 is 0. The summed E-state index contributed by atoms with van der Waals surface area (Å²) in [7, 11) is 0.